The molecule has 128 valence electrons. The number of carbonyl (C=O) groups excluding carboxylic acids is 1. The van der Waals surface area contributed by atoms with E-state index < -0.39 is 6.10 Å². The Morgan fingerprint density at radius 1 is 1.56 bits per heavy atom. The van der Waals surface area contributed by atoms with Crippen molar-refractivity contribution in [3.63, 3.8) is 0 Å². The van der Waals surface area contributed by atoms with E-state index in [4.69, 9.17) is 4.84 Å². The van der Waals surface area contributed by atoms with Crippen LogP contribution in [-0.2, 0) is 16.1 Å². The molecule has 0 unspecified atom stereocenters. The lowest BCUT2D eigenvalue weighted by molar-refractivity contribution is -0.125. The molecule has 25 heavy (non-hydrogen) atoms. The number of hydrogen-bond acceptors (Lipinski definition) is 5. The number of anilines is 1. The number of rotatable bonds is 4. The number of amides is 1. The first-order chi connectivity index (χ1) is 12.0. The smallest absolute Gasteiger partial charge is 0.269 e. The highest BCUT2D eigenvalue weighted by Crippen LogP contribution is 2.33. The molecule has 2 aromatic rings. The quantitative estimate of drug-likeness (QED) is 0.801. The minimum absolute atomic E-state index is 0.283. The van der Waals surface area contributed by atoms with Crippen LogP contribution in [0.25, 0.3) is 0 Å². The maximum atomic E-state index is 12.5. The van der Waals surface area contributed by atoms with E-state index in [0.29, 0.717) is 17.0 Å². The molecule has 2 heterocycles. The van der Waals surface area contributed by atoms with Crippen LogP contribution in [0.1, 0.15) is 34.9 Å². The molecule has 0 saturated heterocycles. The topological polar surface area (TPSA) is 74.5 Å². The van der Waals surface area contributed by atoms with E-state index in [0.717, 1.165) is 32.6 Å². The lowest BCUT2D eigenvalue weighted by atomic mass is 10.0. The van der Waals surface area contributed by atoms with Gasteiger partial charge in [-0.1, -0.05) is 40.1 Å². The number of hydrogen-bond donors (Lipinski definition) is 1. The van der Waals surface area contributed by atoms with Crippen LogP contribution < -0.4 is 5.32 Å². The third kappa shape index (κ3) is 3.60. The fourth-order valence-corrected chi connectivity index (χ4v) is 4.26. The Morgan fingerprint density at radius 2 is 2.36 bits per heavy atom. The lowest BCUT2D eigenvalue weighted by Crippen LogP contribution is -2.28. The maximum absolute atomic E-state index is 12.5. The van der Waals surface area contributed by atoms with E-state index in [-0.39, 0.29) is 5.91 Å². The van der Waals surface area contributed by atoms with Gasteiger partial charge < -0.3 is 10.2 Å². The van der Waals surface area contributed by atoms with Crippen LogP contribution in [0.3, 0.4) is 0 Å². The Morgan fingerprint density at radius 3 is 3.04 bits per heavy atom. The van der Waals surface area contributed by atoms with Crippen molar-refractivity contribution in [2.24, 2.45) is 5.16 Å². The molecule has 3 rings (SSSR count). The summed E-state index contributed by atoms with van der Waals surface area (Å²) in [5.41, 5.74) is 3.19. The van der Waals surface area contributed by atoms with Crippen molar-refractivity contribution in [3.8, 4) is 6.07 Å². The van der Waals surface area contributed by atoms with E-state index >= 15 is 0 Å². The molecule has 1 amide bonds. The molecular weight excluding hydrogens is 402 g/mol. The normalized spacial score (nSPS) is 16.1. The molecule has 1 aliphatic rings. The summed E-state index contributed by atoms with van der Waals surface area (Å²) in [4.78, 5) is 18.9. The zero-order chi connectivity index (χ0) is 18.0. The number of thiophene rings is 1. The summed E-state index contributed by atoms with van der Waals surface area (Å²) >= 11 is 4.85. The maximum Gasteiger partial charge on any atom is 0.269 e. The van der Waals surface area contributed by atoms with Gasteiger partial charge in [0, 0.05) is 21.3 Å². The van der Waals surface area contributed by atoms with Crippen LogP contribution in [-0.4, -0.2) is 17.7 Å². The van der Waals surface area contributed by atoms with Crippen LogP contribution in [0.4, 0.5) is 5.00 Å². The minimum atomic E-state index is -0.687. The number of benzene rings is 1. The Kier molecular flexibility index (Phi) is 5.21. The van der Waals surface area contributed by atoms with Crippen molar-refractivity contribution < 1.29 is 9.63 Å². The Labute approximate surface area is 158 Å². The highest BCUT2D eigenvalue weighted by molar-refractivity contribution is 9.10. The van der Waals surface area contributed by atoms with Crippen LogP contribution in [0.5, 0.6) is 0 Å². The Hall–Kier alpha value is -2.17. The van der Waals surface area contributed by atoms with Gasteiger partial charge in [0.15, 0.2) is 0 Å². The summed E-state index contributed by atoms with van der Waals surface area (Å²) in [5, 5.41) is 16.8. The predicted molar refractivity (Wildman–Crippen MR) is 102 cm³/mol. The SMILES string of the molecule is CCc1c(C)sc(NC(=O)[C@@H]2CC(c3cccc(Br)c3)=NO2)c1C#N. The van der Waals surface area contributed by atoms with Crippen molar-refractivity contribution in [1.82, 2.24) is 0 Å². The van der Waals surface area contributed by atoms with Crippen molar-refractivity contribution in [2.75, 3.05) is 5.32 Å². The average molecular weight is 418 g/mol. The van der Waals surface area contributed by atoms with Gasteiger partial charge in [0.25, 0.3) is 5.91 Å². The number of nitriles is 1. The first kappa shape index (κ1) is 17.6. The van der Waals surface area contributed by atoms with E-state index in [2.05, 4.69) is 32.5 Å². The second-order valence-corrected chi connectivity index (χ2v) is 7.78. The van der Waals surface area contributed by atoms with Gasteiger partial charge in [-0.2, -0.15) is 5.26 Å². The van der Waals surface area contributed by atoms with Gasteiger partial charge in [-0.05, 0) is 31.0 Å². The summed E-state index contributed by atoms with van der Waals surface area (Å²) in [7, 11) is 0. The Bertz CT molecular complexity index is 898. The largest absolute Gasteiger partial charge is 0.382 e. The molecule has 1 atom stereocenters. The molecule has 0 bridgehead atoms. The molecule has 7 heteroatoms. The van der Waals surface area contributed by atoms with Gasteiger partial charge in [0.1, 0.15) is 11.1 Å². The number of nitrogens with one attached hydrogen (secondary N) is 1. The zero-order valence-electron chi connectivity index (χ0n) is 13.8. The second-order valence-electron chi connectivity index (χ2n) is 5.64. The minimum Gasteiger partial charge on any atom is -0.382 e. The third-order valence-corrected chi connectivity index (χ3v) is 5.59. The number of oxime groups is 1. The summed E-state index contributed by atoms with van der Waals surface area (Å²) in [6.07, 6.45) is 0.472. The molecule has 1 N–H and O–H groups in total. The highest BCUT2D eigenvalue weighted by Gasteiger charge is 2.30. The predicted octanol–water partition coefficient (Wildman–Crippen LogP) is 4.38. The van der Waals surface area contributed by atoms with Crippen LogP contribution in [0, 0.1) is 18.3 Å². The monoisotopic (exact) mass is 417 g/mol. The van der Waals surface area contributed by atoms with Crippen molar-refractivity contribution in [1.29, 1.82) is 5.26 Å². The second kappa shape index (κ2) is 7.38. The van der Waals surface area contributed by atoms with Gasteiger partial charge >= 0.3 is 0 Å². The fourth-order valence-electron chi connectivity index (χ4n) is 2.76. The lowest BCUT2D eigenvalue weighted by Gasteiger charge is -2.08. The standard InChI is InChI=1S/C18H16BrN3O2S/c1-3-13-10(2)25-18(14(13)9-20)21-17(23)16-8-15(22-24-16)11-5-4-6-12(19)7-11/h4-7,16H,3,8H2,1-2H3,(H,21,23)/t16-/m0/s1. The van der Waals surface area contributed by atoms with Gasteiger partial charge in [-0.3, -0.25) is 4.79 Å². The molecule has 1 aromatic carbocycles. The molecule has 0 saturated carbocycles. The summed E-state index contributed by atoms with van der Waals surface area (Å²) < 4.78 is 0.945. The van der Waals surface area contributed by atoms with Crippen LogP contribution in [0.2, 0.25) is 0 Å². The Balaban J connectivity index is 1.71. The zero-order valence-corrected chi connectivity index (χ0v) is 16.2. The third-order valence-electron chi connectivity index (χ3n) is 4.03. The molecule has 0 aliphatic carbocycles. The van der Waals surface area contributed by atoms with E-state index in [1.165, 1.54) is 11.3 Å². The van der Waals surface area contributed by atoms with Crippen LogP contribution >= 0.6 is 27.3 Å². The molecule has 1 aromatic heterocycles. The van der Waals surface area contributed by atoms with Crippen LogP contribution in [0.15, 0.2) is 33.9 Å². The highest BCUT2D eigenvalue weighted by atomic mass is 79.9. The number of halogens is 1. The first-order valence-corrected chi connectivity index (χ1v) is 9.46. The first-order valence-electron chi connectivity index (χ1n) is 7.85. The molecule has 0 spiro atoms. The fraction of sp³-hybridized carbons (Fsp3) is 0.278. The molecule has 1 aliphatic heterocycles. The summed E-state index contributed by atoms with van der Waals surface area (Å²) in [6.45, 7) is 3.96. The van der Waals surface area contributed by atoms with Gasteiger partial charge in [-0.15, -0.1) is 11.3 Å². The number of carbonyl (C=O) groups is 1. The van der Waals surface area contributed by atoms with Gasteiger partial charge in [0.05, 0.1) is 11.3 Å². The molecular formula is C18H16BrN3O2S. The number of nitrogens with zero attached hydrogens (tertiary/aromatic N) is 2. The van der Waals surface area contributed by atoms with Crippen molar-refractivity contribution in [2.45, 2.75) is 32.8 Å². The van der Waals surface area contributed by atoms with E-state index in [1.807, 2.05) is 38.1 Å². The van der Waals surface area contributed by atoms with E-state index in [9.17, 15) is 10.1 Å². The summed E-state index contributed by atoms with van der Waals surface area (Å²) in [5.74, 6) is -0.283. The van der Waals surface area contributed by atoms with Crippen molar-refractivity contribution >= 4 is 43.9 Å². The molecule has 5 nitrogen and oxygen atoms in total. The average Bonchev–Trinajstić information content (AvgIpc) is 3.19. The molecule has 0 fully saturated rings. The summed E-state index contributed by atoms with van der Waals surface area (Å²) in [6, 6.07) is 9.90. The van der Waals surface area contributed by atoms with Crippen molar-refractivity contribution in [3.05, 3.63) is 50.3 Å². The van der Waals surface area contributed by atoms with Gasteiger partial charge in [-0.25, -0.2) is 0 Å². The van der Waals surface area contributed by atoms with Gasteiger partial charge in [0.2, 0.25) is 6.10 Å². The molecule has 0 radical (unpaired) electrons. The van der Waals surface area contributed by atoms with E-state index in [1.54, 1.807) is 0 Å². The number of aryl methyl sites for hydroxylation is 1.